The van der Waals surface area contributed by atoms with Crippen molar-refractivity contribution in [2.45, 2.75) is 6.54 Å². The van der Waals surface area contributed by atoms with E-state index in [1.807, 2.05) is 42.6 Å². The number of halogens is 3. The third-order valence-electron chi connectivity index (χ3n) is 5.73. The molecule has 1 fully saturated rings. The number of aromatic nitrogens is 1. The molecule has 0 spiro atoms. The van der Waals surface area contributed by atoms with E-state index in [9.17, 15) is 9.59 Å². The predicted molar refractivity (Wildman–Crippen MR) is 147 cm³/mol. The highest BCUT2D eigenvalue weighted by molar-refractivity contribution is 8.18. The number of thioether (sulfide) groups is 1. The largest absolute Gasteiger partial charge is 0.492 e. The SMILES string of the molecule is O=C1S/C(=C\c2cn(Cc3ccc(Cl)cc3Cl)c3ccccc23)C(=O)N1CCOc1ccc(Cl)cc1. The van der Waals surface area contributed by atoms with Crippen molar-refractivity contribution in [3.05, 3.63) is 104 Å². The smallest absolute Gasteiger partial charge is 0.293 e. The molecule has 1 aromatic heterocycles. The highest BCUT2D eigenvalue weighted by Gasteiger charge is 2.35. The van der Waals surface area contributed by atoms with E-state index in [1.54, 1.807) is 36.4 Å². The zero-order valence-electron chi connectivity index (χ0n) is 18.8. The first-order chi connectivity index (χ1) is 17.4. The normalized spacial score (nSPS) is 14.9. The maximum absolute atomic E-state index is 13.0. The Bertz CT molecular complexity index is 1500. The Balaban J connectivity index is 1.35. The van der Waals surface area contributed by atoms with E-state index in [0.29, 0.717) is 32.3 Å². The summed E-state index contributed by atoms with van der Waals surface area (Å²) in [6.45, 7) is 0.878. The van der Waals surface area contributed by atoms with Crippen LogP contribution in [0.25, 0.3) is 17.0 Å². The van der Waals surface area contributed by atoms with Crippen LogP contribution in [-0.2, 0) is 11.3 Å². The molecule has 3 aromatic carbocycles. The Morgan fingerprint density at radius 3 is 2.44 bits per heavy atom. The molecule has 2 heterocycles. The van der Waals surface area contributed by atoms with E-state index < -0.39 is 0 Å². The number of rotatable bonds is 7. The molecule has 0 aliphatic carbocycles. The van der Waals surface area contributed by atoms with Crippen molar-refractivity contribution in [1.29, 1.82) is 0 Å². The summed E-state index contributed by atoms with van der Waals surface area (Å²) >= 11 is 19.3. The Morgan fingerprint density at radius 1 is 0.917 bits per heavy atom. The van der Waals surface area contributed by atoms with Gasteiger partial charge in [-0.3, -0.25) is 14.5 Å². The van der Waals surface area contributed by atoms with Gasteiger partial charge in [0.2, 0.25) is 0 Å². The molecule has 9 heteroatoms. The van der Waals surface area contributed by atoms with Crippen LogP contribution in [0.1, 0.15) is 11.1 Å². The first kappa shape index (κ1) is 24.8. The van der Waals surface area contributed by atoms with Crippen LogP contribution >= 0.6 is 46.6 Å². The molecule has 1 saturated heterocycles. The van der Waals surface area contributed by atoms with Gasteiger partial charge in [0, 0.05) is 44.3 Å². The van der Waals surface area contributed by atoms with Crippen molar-refractivity contribution >= 4 is 74.7 Å². The molecule has 0 radical (unpaired) electrons. The zero-order valence-corrected chi connectivity index (χ0v) is 21.9. The van der Waals surface area contributed by atoms with Crippen molar-refractivity contribution in [3.8, 4) is 5.75 Å². The fraction of sp³-hybridized carbons (Fsp3) is 0.111. The van der Waals surface area contributed by atoms with Crippen LogP contribution in [0.15, 0.2) is 77.8 Å². The third-order valence-corrected chi connectivity index (χ3v) is 7.48. The third kappa shape index (κ3) is 5.27. The number of hydrogen-bond donors (Lipinski definition) is 0. The van der Waals surface area contributed by atoms with E-state index in [1.165, 1.54) is 4.90 Å². The molecule has 1 aliphatic rings. The second kappa shape index (κ2) is 10.6. The highest BCUT2D eigenvalue weighted by atomic mass is 35.5. The van der Waals surface area contributed by atoms with Gasteiger partial charge >= 0.3 is 0 Å². The molecule has 5 rings (SSSR count). The molecular formula is C27H19Cl3N2O3S. The molecule has 5 nitrogen and oxygen atoms in total. The minimum Gasteiger partial charge on any atom is -0.492 e. The number of imide groups is 1. The van der Waals surface area contributed by atoms with E-state index in [4.69, 9.17) is 39.5 Å². The van der Waals surface area contributed by atoms with Crippen molar-refractivity contribution in [3.63, 3.8) is 0 Å². The Labute approximate surface area is 227 Å². The second-order valence-corrected chi connectivity index (χ2v) is 10.4. The Morgan fingerprint density at radius 2 is 1.67 bits per heavy atom. The number of carbonyl (C=O) groups excluding carboxylic acids is 2. The van der Waals surface area contributed by atoms with E-state index >= 15 is 0 Å². The van der Waals surface area contributed by atoms with E-state index in [2.05, 4.69) is 4.57 Å². The van der Waals surface area contributed by atoms with Gasteiger partial charge in [-0.1, -0.05) is 59.1 Å². The predicted octanol–water partition coefficient (Wildman–Crippen LogP) is 7.77. The lowest BCUT2D eigenvalue weighted by atomic mass is 10.1. The zero-order chi connectivity index (χ0) is 25.2. The number of benzene rings is 3. The van der Waals surface area contributed by atoms with E-state index in [-0.39, 0.29) is 24.3 Å². The lowest BCUT2D eigenvalue weighted by Crippen LogP contribution is -2.32. The van der Waals surface area contributed by atoms with Crippen LogP contribution in [0, 0.1) is 0 Å². The number of carbonyl (C=O) groups is 2. The van der Waals surface area contributed by atoms with Crippen LogP contribution < -0.4 is 4.74 Å². The fourth-order valence-corrected chi connectivity index (χ4v) is 5.42. The molecule has 2 amide bonds. The van der Waals surface area contributed by atoms with Gasteiger partial charge in [0.15, 0.2) is 0 Å². The lowest BCUT2D eigenvalue weighted by molar-refractivity contribution is -0.123. The van der Waals surface area contributed by atoms with Gasteiger partial charge in [-0.2, -0.15) is 0 Å². The number of fused-ring (bicyclic) bond motifs is 1. The van der Waals surface area contributed by atoms with Crippen molar-refractivity contribution in [2.75, 3.05) is 13.2 Å². The molecule has 0 saturated carbocycles. The summed E-state index contributed by atoms with van der Waals surface area (Å²) in [5.74, 6) is 0.290. The topological polar surface area (TPSA) is 51.5 Å². The van der Waals surface area contributed by atoms with E-state index in [0.717, 1.165) is 33.8 Å². The summed E-state index contributed by atoms with van der Waals surface area (Å²) in [5, 5.41) is 2.43. The molecule has 0 unspecified atom stereocenters. The number of nitrogens with zero attached hydrogens (tertiary/aromatic N) is 2. The number of hydrogen-bond acceptors (Lipinski definition) is 4. The maximum Gasteiger partial charge on any atom is 0.293 e. The molecule has 0 N–H and O–H groups in total. The van der Waals surface area contributed by atoms with Gasteiger partial charge in [0.05, 0.1) is 11.4 Å². The molecule has 36 heavy (non-hydrogen) atoms. The van der Waals surface area contributed by atoms with Crippen LogP contribution in [-0.4, -0.2) is 33.8 Å². The fourth-order valence-electron chi connectivity index (χ4n) is 3.97. The van der Waals surface area contributed by atoms with Crippen LogP contribution in [0.4, 0.5) is 4.79 Å². The van der Waals surface area contributed by atoms with Gasteiger partial charge in [-0.15, -0.1) is 0 Å². The van der Waals surface area contributed by atoms with Crippen LogP contribution in [0.2, 0.25) is 15.1 Å². The second-order valence-electron chi connectivity index (χ2n) is 8.10. The van der Waals surface area contributed by atoms with Gasteiger partial charge in [-0.25, -0.2) is 0 Å². The summed E-state index contributed by atoms with van der Waals surface area (Å²) in [7, 11) is 0. The van der Waals surface area contributed by atoms with Crippen molar-refractivity contribution < 1.29 is 14.3 Å². The molecule has 0 atom stereocenters. The molecule has 1 aliphatic heterocycles. The maximum atomic E-state index is 13.0. The summed E-state index contributed by atoms with van der Waals surface area (Å²) in [6.07, 6.45) is 3.74. The summed E-state index contributed by atoms with van der Waals surface area (Å²) in [4.78, 5) is 27.2. The van der Waals surface area contributed by atoms with Crippen molar-refractivity contribution in [2.24, 2.45) is 0 Å². The standard InChI is InChI=1S/C27H19Cl3N2O3S/c28-19-7-9-21(10-8-19)35-12-11-32-26(33)25(36-27(32)34)13-18-16-31(24-4-2-1-3-22(18)24)15-17-5-6-20(29)14-23(17)30/h1-10,13-14,16H,11-12,15H2/b25-13-. The Hall–Kier alpha value is -2.90. The number of ether oxygens (including phenoxy) is 1. The molecular weight excluding hydrogens is 539 g/mol. The Kier molecular flexibility index (Phi) is 7.30. The quantitative estimate of drug-likeness (QED) is 0.218. The summed E-state index contributed by atoms with van der Waals surface area (Å²) in [6, 6.07) is 20.2. The van der Waals surface area contributed by atoms with Gasteiger partial charge in [0.1, 0.15) is 12.4 Å². The van der Waals surface area contributed by atoms with Crippen LogP contribution in [0.3, 0.4) is 0 Å². The molecule has 0 bridgehead atoms. The average Bonchev–Trinajstić information content (AvgIpc) is 3.34. The minimum absolute atomic E-state index is 0.154. The first-order valence-corrected chi connectivity index (χ1v) is 13.0. The summed E-state index contributed by atoms with van der Waals surface area (Å²) in [5.41, 5.74) is 2.76. The van der Waals surface area contributed by atoms with Crippen molar-refractivity contribution in [1.82, 2.24) is 9.47 Å². The number of amides is 2. The average molecular weight is 558 g/mol. The minimum atomic E-state index is -0.331. The molecule has 182 valence electrons. The molecule has 4 aromatic rings. The van der Waals surface area contributed by atoms with Gasteiger partial charge < -0.3 is 9.30 Å². The van der Waals surface area contributed by atoms with Gasteiger partial charge in [-0.05, 0) is 65.9 Å². The highest BCUT2D eigenvalue weighted by Crippen LogP contribution is 2.34. The first-order valence-electron chi connectivity index (χ1n) is 11.0. The number of para-hydroxylation sites is 1. The van der Waals surface area contributed by atoms with Crippen LogP contribution in [0.5, 0.6) is 5.75 Å². The monoisotopic (exact) mass is 556 g/mol. The lowest BCUT2D eigenvalue weighted by Gasteiger charge is -2.13. The summed E-state index contributed by atoms with van der Waals surface area (Å²) < 4.78 is 7.72. The van der Waals surface area contributed by atoms with Gasteiger partial charge in [0.25, 0.3) is 11.1 Å².